The third kappa shape index (κ3) is 3.13. The van der Waals surface area contributed by atoms with E-state index in [9.17, 15) is 18.0 Å². The Morgan fingerprint density at radius 2 is 1.87 bits per heavy atom. The molecule has 1 N–H and O–H groups in total. The number of benzene rings is 1. The number of likely N-dealkylation sites (tertiary alicyclic amines) is 1. The molecule has 1 aromatic rings. The van der Waals surface area contributed by atoms with Crippen molar-refractivity contribution in [2.75, 3.05) is 13.1 Å². The number of rotatable bonds is 4. The number of halogens is 3. The van der Waals surface area contributed by atoms with Crippen LogP contribution in [-0.4, -0.2) is 29.9 Å². The molecule has 0 spiro atoms. The van der Waals surface area contributed by atoms with Gasteiger partial charge in [0.1, 0.15) is 0 Å². The Labute approximate surface area is 133 Å². The van der Waals surface area contributed by atoms with E-state index in [4.69, 9.17) is 0 Å². The van der Waals surface area contributed by atoms with Gasteiger partial charge >= 0.3 is 6.18 Å². The van der Waals surface area contributed by atoms with Crippen LogP contribution < -0.4 is 5.32 Å². The molecule has 0 radical (unpaired) electrons. The lowest BCUT2D eigenvalue weighted by Crippen LogP contribution is -2.35. The first-order valence-electron chi connectivity index (χ1n) is 7.65. The van der Waals surface area contributed by atoms with Gasteiger partial charge in [0.15, 0.2) is 0 Å². The van der Waals surface area contributed by atoms with E-state index in [1.165, 1.54) is 6.08 Å². The van der Waals surface area contributed by atoms with Crippen molar-refractivity contribution in [3.05, 3.63) is 48.0 Å². The Balaban J connectivity index is 1.58. The van der Waals surface area contributed by atoms with Crippen LogP contribution >= 0.6 is 0 Å². The van der Waals surface area contributed by atoms with Gasteiger partial charge in [0.2, 0.25) is 5.91 Å². The second-order valence-electron chi connectivity index (χ2n) is 6.32. The summed E-state index contributed by atoms with van der Waals surface area (Å²) in [6.45, 7) is 7.16. The molecule has 3 nitrogen and oxygen atoms in total. The molecule has 2 aliphatic rings. The van der Waals surface area contributed by atoms with E-state index in [-0.39, 0.29) is 18.0 Å². The molecule has 6 heteroatoms. The van der Waals surface area contributed by atoms with Gasteiger partial charge in [-0.05, 0) is 42.5 Å². The molecule has 1 saturated carbocycles. The highest BCUT2D eigenvalue weighted by atomic mass is 19.4. The topological polar surface area (TPSA) is 32.3 Å². The zero-order valence-corrected chi connectivity index (χ0v) is 12.8. The molecule has 1 aliphatic heterocycles. The molecule has 0 aromatic heterocycles. The Bertz CT molecular complexity index is 599. The average molecular weight is 324 g/mol. The van der Waals surface area contributed by atoms with Crippen molar-refractivity contribution in [3.8, 4) is 0 Å². The summed E-state index contributed by atoms with van der Waals surface area (Å²) in [6, 6.07) is 5.66. The highest BCUT2D eigenvalue weighted by molar-refractivity contribution is 5.87. The van der Waals surface area contributed by atoms with Crippen molar-refractivity contribution in [2.24, 2.45) is 11.8 Å². The normalized spacial score (nSPS) is 28.1. The molecule has 3 unspecified atom stereocenters. The largest absolute Gasteiger partial charge is 0.416 e. The Kier molecular flexibility index (Phi) is 3.96. The van der Waals surface area contributed by atoms with Gasteiger partial charge in [-0.25, -0.2) is 0 Å². The van der Waals surface area contributed by atoms with E-state index < -0.39 is 11.7 Å². The second kappa shape index (κ2) is 5.67. The minimum absolute atomic E-state index is 0.0702. The molecule has 0 bridgehead atoms. The quantitative estimate of drug-likeness (QED) is 0.864. The van der Waals surface area contributed by atoms with Gasteiger partial charge in [-0.3, -0.25) is 9.69 Å². The molecule has 2 fully saturated rings. The van der Waals surface area contributed by atoms with Gasteiger partial charge in [0, 0.05) is 25.2 Å². The number of nitrogens with one attached hydrogen (secondary N) is 1. The summed E-state index contributed by atoms with van der Waals surface area (Å²) in [5.74, 6) is 0.735. The number of hydrogen-bond donors (Lipinski definition) is 1. The molecule has 1 aromatic carbocycles. The minimum Gasteiger partial charge on any atom is -0.349 e. The average Bonchev–Trinajstić information content (AvgIpc) is 2.96. The SMILES string of the molecule is C=CC(=O)NC1C2CN(C(C)c3ccc(C(F)(F)F)cc3)CC21. The predicted octanol–water partition coefficient (Wildman–Crippen LogP) is 3.00. The van der Waals surface area contributed by atoms with Crippen LogP contribution in [-0.2, 0) is 11.0 Å². The van der Waals surface area contributed by atoms with E-state index in [1.807, 2.05) is 6.92 Å². The van der Waals surface area contributed by atoms with Crippen LogP contribution in [0.4, 0.5) is 13.2 Å². The van der Waals surface area contributed by atoms with Crippen LogP contribution in [0.1, 0.15) is 24.1 Å². The summed E-state index contributed by atoms with van der Waals surface area (Å²) in [5.41, 5.74) is 0.260. The van der Waals surface area contributed by atoms with Crippen LogP contribution in [0.15, 0.2) is 36.9 Å². The van der Waals surface area contributed by atoms with E-state index in [2.05, 4.69) is 16.8 Å². The van der Waals surface area contributed by atoms with Crippen molar-refractivity contribution in [1.29, 1.82) is 0 Å². The number of carbonyl (C=O) groups is 1. The second-order valence-corrected chi connectivity index (χ2v) is 6.32. The fraction of sp³-hybridized carbons (Fsp3) is 0.471. The van der Waals surface area contributed by atoms with Crippen LogP contribution in [0.5, 0.6) is 0 Å². The predicted molar refractivity (Wildman–Crippen MR) is 80.5 cm³/mol. The minimum atomic E-state index is -4.30. The lowest BCUT2D eigenvalue weighted by atomic mass is 10.0. The van der Waals surface area contributed by atoms with Crippen molar-refractivity contribution in [1.82, 2.24) is 10.2 Å². The third-order valence-electron chi connectivity index (χ3n) is 4.98. The monoisotopic (exact) mass is 324 g/mol. The number of hydrogen-bond acceptors (Lipinski definition) is 2. The number of carbonyl (C=O) groups excluding carboxylic acids is 1. The van der Waals surface area contributed by atoms with Crippen LogP contribution in [0.2, 0.25) is 0 Å². The molecule has 3 atom stereocenters. The first-order chi connectivity index (χ1) is 10.8. The first kappa shape index (κ1) is 16.1. The maximum absolute atomic E-state index is 12.6. The molecule has 1 saturated heterocycles. The zero-order chi connectivity index (χ0) is 16.8. The van der Waals surface area contributed by atoms with E-state index in [1.54, 1.807) is 12.1 Å². The van der Waals surface area contributed by atoms with Gasteiger partial charge in [-0.2, -0.15) is 13.2 Å². The number of alkyl halides is 3. The summed E-state index contributed by atoms with van der Waals surface area (Å²) in [6.07, 6.45) is -3.02. The van der Waals surface area contributed by atoms with Gasteiger partial charge in [0.25, 0.3) is 0 Å². The van der Waals surface area contributed by atoms with Crippen LogP contribution in [0, 0.1) is 11.8 Å². The maximum atomic E-state index is 12.6. The summed E-state index contributed by atoms with van der Waals surface area (Å²) in [5, 5.41) is 2.92. The molecule has 1 heterocycles. The number of piperidine rings is 1. The number of amides is 1. The molecule has 1 amide bonds. The number of nitrogens with zero attached hydrogens (tertiary/aromatic N) is 1. The summed E-state index contributed by atoms with van der Waals surface area (Å²) in [4.78, 5) is 13.6. The molecule has 1 aliphatic carbocycles. The van der Waals surface area contributed by atoms with Gasteiger partial charge in [-0.1, -0.05) is 18.7 Å². The summed E-state index contributed by atoms with van der Waals surface area (Å²) < 4.78 is 37.8. The summed E-state index contributed by atoms with van der Waals surface area (Å²) in [7, 11) is 0. The first-order valence-corrected chi connectivity index (χ1v) is 7.65. The fourth-order valence-electron chi connectivity index (χ4n) is 3.47. The van der Waals surface area contributed by atoms with Crippen LogP contribution in [0.3, 0.4) is 0 Å². The van der Waals surface area contributed by atoms with Crippen molar-refractivity contribution in [3.63, 3.8) is 0 Å². The molecular formula is C17H19F3N2O. The maximum Gasteiger partial charge on any atom is 0.416 e. The smallest absolute Gasteiger partial charge is 0.349 e. The lowest BCUT2D eigenvalue weighted by Gasteiger charge is -2.27. The highest BCUT2D eigenvalue weighted by Gasteiger charge is 2.56. The summed E-state index contributed by atoms with van der Waals surface area (Å²) >= 11 is 0. The van der Waals surface area contributed by atoms with Gasteiger partial charge in [-0.15, -0.1) is 0 Å². The van der Waals surface area contributed by atoms with E-state index >= 15 is 0 Å². The van der Waals surface area contributed by atoms with Crippen molar-refractivity contribution in [2.45, 2.75) is 25.2 Å². The molecule has 3 rings (SSSR count). The molecule has 23 heavy (non-hydrogen) atoms. The van der Waals surface area contributed by atoms with Gasteiger partial charge < -0.3 is 5.32 Å². The standard InChI is InChI=1S/C17H19F3N2O/c1-3-15(23)21-16-13-8-22(9-14(13)16)10(2)11-4-6-12(7-5-11)17(18,19)20/h3-7,10,13-14,16H,1,8-9H2,2H3,(H,21,23). The van der Waals surface area contributed by atoms with Crippen LogP contribution in [0.25, 0.3) is 0 Å². The fourth-order valence-corrected chi connectivity index (χ4v) is 3.47. The molecule has 124 valence electrons. The number of fused-ring (bicyclic) bond motifs is 1. The Morgan fingerprint density at radius 1 is 1.30 bits per heavy atom. The van der Waals surface area contributed by atoms with E-state index in [0.717, 1.165) is 30.8 Å². The Hall–Kier alpha value is -1.82. The zero-order valence-electron chi connectivity index (χ0n) is 12.8. The third-order valence-corrected chi connectivity index (χ3v) is 4.98. The molecular weight excluding hydrogens is 305 g/mol. The van der Waals surface area contributed by atoms with Crippen molar-refractivity contribution >= 4 is 5.91 Å². The Morgan fingerprint density at radius 3 is 2.35 bits per heavy atom. The highest BCUT2D eigenvalue weighted by Crippen LogP contribution is 2.47. The van der Waals surface area contributed by atoms with E-state index in [0.29, 0.717) is 11.8 Å². The lowest BCUT2D eigenvalue weighted by molar-refractivity contribution is -0.137. The van der Waals surface area contributed by atoms with Gasteiger partial charge in [0.05, 0.1) is 5.56 Å². The van der Waals surface area contributed by atoms with Crippen molar-refractivity contribution < 1.29 is 18.0 Å².